The van der Waals surface area contributed by atoms with E-state index in [2.05, 4.69) is 4.99 Å². The van der Waals surface area contributed by atoms with Crippen molar-refractivity contribution >= 4 is 18.3 Å². The Bertz CT molecular complexity index is 202. The summed E-state index contributed by atoms with van der Waals surface area (Å²) < 4.78 is 0. The lowest BCUT2D eigenvalue weighted by atomic mass is 10.2. The van der Waals surface area contributed by atoms with Crippen molar-refractivity contribution in [1.29, 1.82) is 0 Å². The van der Waals surface area contributed by atoms with Crippen molar-refractivity contribution in [2.75, 3.05) is 0 Å². The van der Waals surface area contributed by atoms with Gasteiger partial charge in [0, 0.05) is 5.97 Å². The van der Waals surface area contributed by atoms with Crippen LogP contribution in [0.4, 0.5) is 0 Å². The van der Waals surface area contributed by atoms with E-state index in [1.165, 1.54) is 0 Å². The molecule has 6 heteroatoms. The molecule has 0 rings (SSSR count). The molecular formula is C6H9N2O4-. The zero-order valence-corrected chi connectivity index (χ0v) is 6.28. The maximum atomic E-state index is 10.2. The molecule has 0 amide bonds. The lowest BCUT2D eigenvalue weighted by Crippen LogP contribution is -2.82. The third-order valence-corrected chi connectivity index (χ3v) is 1.22. The molecule has 0 heterocycles. The fraction of sp³-hybridized carbons (Fsp3) is 0.500. The van der Waals surface area contributed by atoms with Gasteiger partial charge in [-0.1, -0.05) is 0 Å². The first-order valence-corrected chi connectivity index (χ1v) is 3.28. The Labute approximate surface area is 68.7 Å². The monoisotopic (exact) mass is 173 g/mol. The highest BCUT2D eigenvalue weighted by molar-refractivity contribution is 5.71. The summed E-state index contributed by atoms with van der Waals surface area (Å²) in [5.74, 6) is -2.70. The highest BCUT2D eigenvalue weighted by Crippen LogP contribution is 1.89. The number of nitrogens with one attached hydrogen (secondary N) is 1. The molecule has 0 spiro atoms. The van der Waals surface area contributed by atoms with Crippen LogP contribution in [0, 0.1) is 0 Å². The predicted octanol–water partition coefficient (Wildman–Crippen LogP) is -5.30. The number of aliphatic carboxylic acids is 2. The molecule has 0 aromatic heterocycles. The first-order chi connectivity index (χ1) is 5.57. The molecule has 0 aliphatic carbocycles. The molecule has 68 valence electrons. The minimum Gasteiger partial charge on any atom is -0.550 e. The smallest absolute Gasteiger partial charge is 0.228 e. The predicted molar refractivity (Wildman–Crippen MR) is 34.3 cm³/mol. The average Bonchev–Trinajstić information content (AvgIpc) is 1.96. The lowest BCUT2D eigenvalue weighted by molar-refractivity contribution is -0.504. The number of hydrogen-bond donors (Lipinski definition) is 2. The molecule has 3 N–H and O–H groups in total. The van der Waals surface area contributed by atoms with Gasteiger partial charge in [-0.05, 0) is 12.8 Å². The van der Waals surface area contributed by atoms with E-state index in [1.54, 1.807) is 0 Å². The summed E-state index contributed by atoms with van der Waals surface area (Å²) in [6, 6.07) is -1.08. The van der Waals surface area contributed by atoms with Gasteiger partial charge in [-0.15, -0.1) is 0 Å². The van der Waals surface area contributed by atoms with E-state index in [1.807, 2.05) is 0 Å². The van der Waals surface area contributed by atoms with Crippen LogP contribution in [-0.4, -0.2) is 24.3 Å². The van der Waals surface area contributed by atoms with Crippen LogP contribution in [0.15, 0.2) is 0 Å². The molecular weight excluding hydrogens is 164 g/mol. The molecule has 0 unspecified atom stereocenters. The normalized spacial score (nSPS) is 13.0. The molecule has 12 heavy (non-hydrogen) atoms. The number of carbonyl (C=O) groups excluding carboxylic acids is 2. The van der Waals surface area contributed by atoms with E-state index in [-0.39, 0.29) is 12.8 Å². The lowest BCUT2D eigenvalue weighted by Gasteiger charge is -2.10. The van der Waals surface area contributed by atoms with Crippen LogP contribution < -0.4 is 20.9 Å². The van der Waals surface area contributed by atoms with Gasteiger partial charge in [-0.2, -0.15) is 0 Å². The van der Waals surface area contributed by atoms with Gasteiger partial charge in [0.05, 0.1) is 5.97 Å². The summed E-state index contributed by atoms with van der Waals surface area (Å²) in [6.07, 6.45) is 0.466. The van der Waals surface area contributed by atoms with Crippen LogP contribution in [-0.2, 0) is 9.59 Å². The third-order valence-electron chi connectivity index (χ3n) is 1.22. The summed E-state index contributed by atoms with van der Waals surface area (Å²) in [6.45, 7) is 0. The Kier molecular flexibility index (Phi) is 4.43. The Balaban J connectivity index is 3.96. The van der Waals surface area contributed by atoms with Crippen LogP contribution in [0.3, 0.4) is 0 Å². The number of carboxylic acid groups (broad SMARTS) is 2. The van der Waals surface area contributed by atoms with Crippen LogP contribution >= 0.6 is 0 Å². The largest absolute Gasteiger partial charge is 0.550 e. The van der Waals surface area contributed by atoms with E-state index >= 15 is 0 Å². The van der Waals surface area contributed by atoms with E-state index < -0.39 is 18.0 Å². The SMILES string of the molecule is NC=[NH+][C@@H](CCC(=O)[O-])C(=O)[O-]. The van der Waals surface area contributed by atoms with Crippen LogP contribution in [0.2, 0.25) is 0 Å². The van der Waals surface area contributed by atoms with Crippen molar-refractivity contribution in [1.82, 2.24) is 0 Å². The minimum absolute atomic E-state index is 0.113. The molecule has 1 atom stereocenters. The first-order valence-electron chi connectivity index (χ1n) is 3.28. The number of carbonyl (C=O) groups is 2. The van der Waals surface area contributed by atoms with E-state index in [0.29, 0.717) is 0 Å². The summed E-state index contributed by atoms with van der Waals surface area (Å²) in [5, 5.41) is 20.2. The summed E-state index contributed by atoms with van der Waals surface area (Å²) in [4.78, 5) is 22.4. The topological polar surface area (TPSA) is 120 Å². The molecule has 0 bridgehead atoms. The average molecular weight is 173 g/mol. The van der Waals surface area contributed by atoms with Crippen molar-refractivity contribution < 1.29 is 24.8 Å². The van der Waals surface area contributed by atoms with Gasteiger partial charge < -0.3 is 19.8 Å². The van der Waals surface area contributed by atoms with Crippen molar-refractivity contribution in [3.8, 4) is 0 Å². The summed E-state index contributed by atoms with van der Waals surface area (Å²) in [7, 11) is 0. The molecule has 0 aromatic rings. The van der Waals surface area contributed by atoms with Gasteiger partial charge in [0.2, 0.25) is 6.34 Å². The molecule has 0 aliphatic heterocycles. The molecule has 0 fully saturated rings. The van der Waals surface area contributed by atoms with E-state index in [0.717, 1.165) is 6.34 Å². The number of nitrogens with two attached hydrogens (primary N) is 1. The zero-order chi connectivity index (χ0) is 9.56. The Hall–Kier alpha value is -1.59. The highest BCUT2D eigenvalue weighted by Gasteiger charge is 2.08. The van der Waals surface area contributed by atoms with Crippen molar-refractivity contribution in [3.05, 3.63) is 0 Å². The Morgan fingerprint density at radius 2 is 2.08 bits per heavy atom. The van der Waals surface area contributed by atoms with E-state index in [9.17, 15) is 19.8 Å². The van der Waals surface area contributed by atoms with Crippen molar-refractivity contribution in [2.45, 2.75) is 18.9 Å². The summed E-state index contributed by atoms with van der Waals surface area (Å²) in [5.41, 5.74) is 4.88. The van der Waals surface area contributed by atoms with Gasteiger partial charge >= 0.3 is 0 Å². The van der Waals surface area contributed by atoms with Crippen LogP contribution in [0.25, 0.3) is 0 Å². The quantitative estimate of drug-likeness (QED) is 0.318. The van der Waals surface area contributed by atoms with Gasteiger partial charge in [-0.3, -0.25) is 10.7 Å². The fourth-order valence-corrected chi connectivity index (χ4v) is 0.648. The second-order valence-corrected chi connectivity index (χ2v) is 2.12. The molecule has 0 aliphatic rings. The molecule has 0 saturated heterocycles. The van der Waals surface area contributed by atoms with Gasteiger partial charge in [-0.25, -0.2) is 0 Å². The van der Waals surface area contributed by atoms with Crippen molar-refractivity contribution in [3.63, 3.8) is 0 Å². The second-order valence-electron chi connectivity index (χ2n) is 2.12. The van der Waals surface area contributed by atoms with E-state index in [4.69, 9.17) is 5.73 Å². The third kappa shape index (κ3) is 4.26. The summed E-state index contributed by atoms with van der Waals surface area (Å²) >= 11 is 0. The van der Waals surface area contributed by atoms with Gasteiger partial charge in [0.25, 0.3) is 0 Å². The zero-order valence-electron chi connectivity index (χ0n) is 6.28. The number of carboxylic acids is 2. The first kappa shape index (κ1) is 10.4. The maximum Gasteiger partial charge on any atom is 0.228 e. The molecule has 0 saturated carbocycles. The highest BCUT2D eigenvalue weighted by atomic mass is 16.4. The Morgan fingerprint density at radius 1 is 1.50 bits per heavy atom. The second kappa shape index (κ2) is 5.11. The number of hydrogen-bond acceptors (Lipinski definition) is 4. The number of rotatable bonds is 5. The standard InChI is InChI=1S/C6H10N2O4/c7-3-8-4(6(11)12)1-2-5(9)10/h3-4H,1-2H2,(H2,7,8)(H,9,10)(H,11,12)/p-1/t4-/m0/s1. The van der Waals surface area contributed by atoms with Crippen LogP contribution in [0.5, 0.6) is 0 Å². The van der Waals surface area contributed by atoms with Crippen molar-refractivity contribution in [2.24, 2.45) is 5.73 Å². The molecule has 6 nitrogen and oxygen atoms in total. The minimum atomic E-state index is -1.39. The van der Waals surface area contributed by atoms with Crippen LogP contribution in [0.1, 0.15) is 12.8 Å². The maximum absolute atomic E-state index is 10.2. The van der Waals surface area contributed by atoms with Gasteiger partial charge in [0.15, 0.2) is 0 Å². The fourth-order valence-electron chi connectivity index (χ4n) is 0.648. The Morgan fingerprint density at radius 3 is 2.42 bits per heavy atom. The van der Waals surface area contributed by atoms with Gasteiger partial charge in [0.1, 0.15) is 6.04 Å². The molecule has 0 radical (unpaired) electrons. The molecule has 0 aromatic carbocycles.